The van der Waals surface area contributed by atoms with Crippen LogP contribution >= 0.6 is 0 Å². The van der Waals surface area contributed by atoms with Crippen LogP contribution in [0.4, 0.5) is 0 Å². The Morgan fingerprint density at radius 1 is 0.299 bits per heavy atom. The van der Waals surface area contributed by atoms with Gasteiger partial charge >= 0.3 is 53.7 Å². The van der Waals surface area contributed by atoms with Crippen LogP contribution in [0.15, 0.2) is 0 Å². The normalized spacial score (nSPS) is 21.9. The molecule has 0 aromatic heterocycles. The third-order valence-corrected chi connectivity index (χ3v) is 19.0. The van der Waals surface area contributed by atoms with Gasteiger partial charge in [-0.05, 0) is 51.4 Å². The van der Waals surface area contributed by atoms with E-state index in [9.17, 15) is 81.8 Å². The zero-order valence-corrected chi connectivity index (χ0v) is 79.0. The molecule has 768 valence electrons. The summed E-state index contributed by atoms with van der Waals surface area (Å²) >= 11 is 0. The highest BCUT2D eigenvalue weighted by Crippen LogP contribution is 2.32. The van der Waals surface area contributed by atoms with Gasteiger partial charge in [0.1, 0.15) is 82.1 Å². The molecule has 0 aliphatic carbocycles. The number of aliphatic hydroxyl groups is 1. The Labute approximate surface area is 779 Å². The molecule has 17 atom stereocenters. The van der Waals surface area contributed by atoms with Crippen LogP contribution in [0.5, 0.6) is 0 Å². The first-order valence-electron chi connectivity index (χ1n) is 44.8. The van der Waals surface area contributed by atoms with Gasteiger partial charge < -0.3 is 161 Å². The molecule has 3 saturated heterocycles. The van der Waals surface area contributed by atoms with Crippen molar-refractivity contribution < 1.29 is 196 Å². The molecule has 7 amide bonds. The minimum atomic E-state index is -1.32. The highest BCUT2D eigenvalue weighted by molar-refractivity contribution is 5.92. The number of nitrogens with one attached hydrogen (secondary N) is 8. The van der Waals surface area contributed by atoms with Crippen LogP contribution in [0, 0.1) is 0 Å². The van der Waals surface area contributed by atoms with E-state index in [0.29, 0.717) is 38.5 Å². The maximum absolute atomic E-state index is 14.3. The van der Waals surface area contributed by atoms with Crippen molar-refractivity contribution in [2.45, 2.75) is 264 Å². The lowest BCUT2D eigenvalue weighted by molar-refractivity contribution is -0.280. The molecule has 134 heavy (non-hydrogen) atoms. The predicted molar refractivity (Wildman–Crippen MR) is 458 cm³/mol. The Morgan fingerprint density at radius 3 is 0.903 bits per heavy atom. The van der Waals surface area contributed by atoms with Crippen LogP contribution in [0.3, 0.4) is 0 Å². The molecule has 0 saturated carbocycles. The topological polar surface area (TPSA) is 611 Å². The van der Waals surface area contributed by atoms with E-state index in [2.05, 4.69) is 42.5 Å². The van der Waals surface area contributed by atoms with E-state index in [0.717, 1.165) is 48.0 Å². The molecule has 3 aliphatic rings. The molecule has 49 nitrogen and oxygen atoms in total. The second-order valence-electron chi connectivity index (χ2n) is 31.0. The van der Waals surface area contributed by atoms with E-state index in [1.807, 2.05) is 13.8 Å². The minimum absolute atomic E-state index is 0.00112. The van der Waals surface area contributed by atoms with Gasteiger partial charge in [-0.15, -0.1) is 0 Å². The molecule has 0 bridgehead atoms. The molecule has 3 rings (SSSR count). The number of ether oxygens (including phenoxy) is 24. The summed E-state index contributed by atoms with van der Waals surface area (Å²) in [7, 11) is 0. The first-order chi connectivity index (χ1) is 64.0. The Kier molecular flexibility index (Phi) is 62.6. The van der Waals surface area contributed by atoms with Crippen molar-refractivity contribution in [2.24, 2.45) is 0 Å². The molecule has 0 aromatic carbocycles. The molecule has 3 heterocycles. The van der Waals surface area contributed by atoms with Gasteiger partial charge in [0.2, 0.25) is 41.4 Å². The van der Waals surface area contributed by atoms with E-state index < -0.39 is 219 Å². The maximum atomic E-state index is 14.3. The maximum Gasteiger partial charge on any atom is 0.303 e. The lowest BCUT2D eigenvalue weighted by Crippen LogP contribution is -2.66. The van der Waals surface area contributed by atoms with Crippen LogP contribution in [0.1, 0.15) is 154 Å². The van der Waals surface area contributed by atoms with Crippen molar-refractivity contribution in [1.29, 1.82) is 0 Å². The first kappa shape index (κ1) is 119. The van der Waals surface area contributed by atoms with Crippen LogP contribution in [-0.2, 0) is 190 Å². The summed E-state index contributed by atoms with van der Waals surface area (Å²) in [4.78, 5) is 200. The number of amides is 7. The third kappa shape index (κ3) is 54.0. The monoisotopic (exact) mass is 1930 g/mol. The zero-order chi connectivity index (χ0) is 99.1. The molecule has 0 spiro atoms. The van der Waals surface area contributed by atoms with E-state index >= 15 is 0 Å². The number of carbonyl (C=O) groups excluding carboxylic acids is 16. The van der Waals surface area contributed by atoms with Gasteiger partial charge in [0.05, 0.1) is 125 Å². The van der Waals surface area contributed by atoms with Crippen LogP contribution in [-0.4, -0.2) is 395 Å². The SMILES string of the molecule is CC(=O)N[C@H]1[C@H](OCCOCCOCCOCC(=O)NCCCC[C@H](NC(=O)[C@H](CCCCNC(=O)COCCOCCOCCO[C@@H]2O[C@H](COC(C)=O)[C@H](OC(C)=O)[C@H](OC(C)=O)[C@H]2NC(C)C)NC(=O)COCCOCCOCCO[C@@H]2O[C@H](COC(C)=O)[C@H](OC(C)=O)[C@H](OC(C)=O)[C@H]2NC(C)=O)C(=O)NCCCCCCO)O[C@H](COC(C)=O)[C@H](OC(C)=O)[C@@H]1OC(C)=O. The van der Waals surface area contributed by atoms with Crippen molar-refractivity contribution >= 4 is 95.1 Å². The molecule has 0 unspecified atom stereocenters. The number of rotatable bonds is 72. The molecular weight excluding hydrogens is 1790 g/mol. The standard InChI is InChI=1S/C85H142N8O41/c1-52(2)89-72-78(129-61(11)103)75(126-58(8)100)66(46-123-55(5)97)132-83(72)120-43-40-114-31-28-111-34-38-118-50-70(107)87-25-20-17-23-65(92-71(108)51-119-39-36-113-30-33-116-42-45-122-85-74(91-54(4)96)80(131-63(13)105)77(128-60(10)102)68(134-85)48-125-57(7)99)82(110)93-64(81(109)88-26-18-14-15-21-27-94)22-16-19-24-86-69(106)49-117-37-35-112-29-32-115-41-44-121-84-73(90-53(3)95)79(130-62(12)104)76(127-59(9)101)67(133-84)47-124-56(6)98/h52,64-68,72-80,83-85,89,94H,14-51H2,1-13H3,(H,86,106)(H,87,107)(H,88,109)(H,90,95)(H,91,96)(H,92,108)(H,93,110)/t64-,65-,66+,67+,68+,72+,73+,74+,75-,76-,77-,78+,79+,80+,83+,84+,85+/m0/s1. The van der Waals surface area contributed by atoms with Gasteiger partial charge in [-0.3, -0.25) is 76.7 Å². The molecule has 3 aliphatic heterocycles. The van der Waals surface area contributed by atoms with Gasteiger partial charge in [0.25, 0.3) is 0 Å². The summed E-state index contributed by atoms with van der Waals surface area (Å²) in [6.07, 6.45) is -10.4. The highest BCUT2D eigenvalue weighted by Gasteiger charge is 2.54. The predicted octanol–water partition coefficient (Wildman–Crippen LogP) is -2.77. The third-order valence-electron chi connectivity index (χ3n) is 19.0. The van der Waals surface area contributed by atoms with Crippen molar-refractivity contribution in [1.82, 2.24) is 42.5 Å². The van der Waals surface area contributed by atoms with E-state index in [4.69, 9.17) is 114 Å². The quantitative estimate of drug-likeness (QED) is 0.0169. The average Bonchev–Trinajstić information content (AvgIpc) is 0.795. The van der Waals surface area contributed by atoms with Gasteiger partial charge in [-0.2, -0.15) is 0 Å². The van der Waals surface area contributed by atoms with E-state index in [-0.39, 0.29) is 190 Å². The van der Waals surface area contributed by atoms with Gasteiger partial charge in [-0.1, -0.05) is 26.7 Å². The van der Waals surface area contributed by atoms with Gasteiger partial charge in [-0.25, -0.2) is 0 Å². The fourth-order valence-corrected chi connectivity index (χ4v) is 13.4. The lowest BCUT2D eigenvalue weighted by atomic mass is 9.95. The Balaban J connectivity index is 1.56. The number of hydrogen-bond acceptors (Lipinski definition) is 42. The zero-order valence-electron chi connectivity index (χ0n) is 79.0. The number of esters is 9. The number of unbranched alkanes of at least 4 members (excludes halogenated alkanes) is 5. The summed E-state index contributed by atoms with van der Waals surface area (Å²) in [5, 5.41) is 31.7. The molecule has 0 radical (unpaired) electrons. The smallest absolute Gasteiger partial charge is 0.303 e. The van der Waals surface area contributed by atoms with E-state index in [1.165, 1.54) is 34.6 Å². The number of carbonyl (C=O) groups is 16. The van der Waals surface area contributed by atoms with Crippen LogP contribution in [0.25, 0.3) is 0 Å². The average molecular weight is 1930 g/mol. The summed E-state index contributed by atoms with van der Waals surface area (Å²) in [5.74, 6) is -10.2. The van der Waals surface area contributed by atoms with Crippen molar-refractivity contribution in [3.05, 3.63) is 0 Å². The summed E-state index contributed by atoms with van der Waals surface area (Å²) in [6, 6.07) is -5.64. The lowest BCUT2D eigenvalue weighted by Gasteiger charge is -2.45. The summed E-state index contributed by atoms with van der Waals surface area (Å²) in [6.45, 7) is 15.4. The molecule has 3 fully saturated rings. The van der Waals surface area contributed by atoms with Crippen molar-refractivity contribution in [3.63, 3.8) is 0 Å². The fourth-order valence-electron chi connectivity index (χ4n) is 13.4. The van der Waals surface area contributed by atoms with Crippen molar-refractivity contribution in [2.75, 3.05) is 185 Å². The molecule has 9 N–H and O–H groups in total. The van der Waals surface area contributed by atoms with Gasteiger partial charge in [0, 0.05) is 108 Å². The Morgan fingerprint density at radius 2 is 0.582 bits per heavy atom. The highest BCUT2D eigenvalue weighted by atomic mass is 16.7. The second kappa shape index (κ2) is 70.5. The Bertz CT molecular complexity index is 3520. The minimum Gasteiger partial charge on any atom is -0.463 e. The molecule has 0 aromatic rings. The summed E-state index contributed by atoms with van der Waals surface area (Å²) in [5.41, 5.74) is 0. The van der Waals surface area contributed by atoms with Crippen LogP contribution in [0.2, 0.25) is 0 Å². The van der Waals surface area contributed by atoms with E-state index in [1.54, 1.807) is 0 Å². The number of aliphatic hydroxyl groups excluding tert-OH is 1. The van der Waals surface area contributed by atoms with Crippen molar-refractivity contribution in [3.8, 4) is 0 Å². The van der Waals surface area contributed by atoms with Gasteiger partial charge in [0.15, 0.2) is 55.5 Å². The second-order valence-corrected chi connectivity index (χ2v) is 31.0. The largest absolute Gasteiger partial charge is 0.463 e. The molecular formula is C85H142N8O41. The number of hydrogen-bond donors (Lipinski definition) is 9. The summed E-state index contributed by atoms with van der Waals surface area (Å²) < 4.78 is 135. The fraction of sp³-hybridized carbons (Fsp3) is 0.812. The first-order valence-corrected chi connectivity index (χ1v) is 44.8. The molecule has 49 heteroatoms. The van der Waals surface area contributed by atoms with Crippen LogP contribution < -0.4 is 42.5 Å². The Hall–Kier alpha value is -9.16.